The van der Waals surface area contributed by atoms with Gasteiger partial charge in [0.2, 0.25) is 0 Å². The molecule has 0 N–H and O–H groups in total. The quantitative estimate of drug-likeness (QED) is 0.734. The number of anilines is 1. The third-order valence-corrected chi connectivity index (χ3v) is 6.65. The maximum Gasteiger partial charge on any atom is 0.271 e. The molecule has 6 nitrogen and oxygen atoms in total. The molecule has 1 aromatic carbocycles. The first-order valence-electron chi connectivity index (χ1n) is 11.3. The van der Waals surface area contributed by atoms with Crippen molar-refractivity contribution in [3.8, 4) is 0 Å². The van der Waals surface area contributed by atoms with Crippen molar-refractivity contribution in [2.75, 3.05) is 63.9 Å². The molecule has 7 heteroatoms. The van der Waals surface area contributed by atoms with Crippen molar-refractivity contribution in [3.63, 3.8) is 0 Å². The molecule has 1 amide bonds. The summed E-state index contributed by atoms with van der Waals surface area (Å²) in [5, 5.41) is 0. The number of aromatic nitrogens is 1. The largest absolute Gasteiger partial charge is 0.378 e. The summed E-state index contributed by atoms with van der Waals surface area (Å²) in [5.74, 6) is -0.227. The molecule has 31 heavy (non-hydrogen) atoms. The summed E-state index contributed by atoms with van der Waals surface area (Å²) >= 11 is 0. The smallest absolute Gasteiger partial charge is 0.271 e. The fourth-order valence-electron chi connectivity index (χ4n) is 4.82. The minimum Gasteiger partial charge on any atom is -0.378 e. The maximum atomic E-state index is 14.5. The molecule has 4 rings (SSSR count). The van der Waals surface area contributed by atoms with Crippen LogP contribution in [-0.4, -0.2) is 79.3 Å². The second kappa shape index (κ2) is 9.40. The van der Waals surface area contributed by atoms with Crippen LogP contribution < -0.4 is 4.90 Å². The highest BCUT2D eigenvalue weighted by atomic mass is 19.1. The van der Waals surface area contributed by atoms with Crippen LogP contribution >= 0.6 is 0 Å². The summed E-state index contributed by atoms with van der Waals surface area (Å²) in [6.45, 7) is 13.9. The summed E-state index contributed by atoms with van der Waals surface area (Å²) in [6, 6.07) is 6.83. The molecule has 0 atom stereocenters. The Balaban J connectivity index is 1.74. The molecule has 2 aliphatic heterocycles. The zero-order valence-corrected chi connectivity index (χ0v) is 18.9. The van der Waals surface area contributed by atoms with Crippen LogP contribution in [0.3, 0.4) is 0 Å². The van der Waals surface area contributed by atoms with Gasteiger partial charge < -0.3 is 24.0 Å². The van der Waals surface area contributed by atoms with Gasteiger partial charge in [0.05, 0.1) is 25.4 Å². The van der Waals surface area contributed by atoms with Crippen LogP contribution in [0, 0.1) is 19.7 Å². The third-order valence-electron chi connectivity index (χ3n) is 6.65. The summed E-state index contributed by atoms with van der Waals surface area (Å²) < 4.78 is 22.0. The second-order valence-electron chi connectivity index (χ2n) is 8.41. The van der Waals surface area contributed by atoms with E-state index in [2.05, 4.69) is 23.6 Å². The first kappa shape index (κ1) is 21.8. The molecule has 1 aromatic heterocycles. The Hall–Kier alpha value is -2.38. The highest BCUT2D eigenvalue weighted by Crippen LogP contribution is 2.33. The Labute approximate surface area is 184 Å². The van der Waals surface area contributed by atoms with Gasteiger partial charge in [0.1, 0.15) is 11.5 Å². The molecule has 0 unspecified atom stereocenters. The number of ether oxygens (including phenoxy) is 1. The predicted octanol–water partition coefficient (Wildman–Crippen LogP) is 2.91. The van der Waals surface area contributed by atoms with Gasteiger partial charge in [-0.25, -0.2) is 4.39 Å². The summed E-state index contributed by atoms with van der Waals surface area (Å²) in [6.07, 6.45) is 0. The first-order chi connectivity index (χ1) is 15.0. The molecule has 0 radical (unpaired) electrons. The lowest BCUT2D eigenvalue weighted by atomic mass is 10.1. The van der Waals surface area contributed by atoms with Crippen molar-refractivity contribution in [3.05, 3.63) is 52.6 Å². The molecule has 0 bridgehead atoms. The first-order valence-corrected chi connectivity index (χ1v) is 11.3. The van der Waals surface area contributed by atoms with Gasteiger partial charge in [-0.2, -0.15) is 0 Å². The van der Waals surface area contributed by atoms with Crippen molar-refractivity contribution in [2.24, 2.45) is 0 Å². The van der Waals surface area contributed by atoms with E-state index < -0.39 is 0 Å². The van der Waals surface area contributed by atoms with Gasteiger partial charge in [0, 0.05) is 56.1 Å². The molecular weight excluding hydrogens is 395 g/mol. The van der Waals surface area contributed by atoms with Gasteiger partial charge in [-0.3, -0.25) is 4.79 Å². The van der Waals surface area contributed by atoms with E-state index in [-0.39, 0.29) is 11.7 Å². The van der Waals surface area contributed by atoms with E-state index in [0.717, 1.165) is 49.7 Å². The Morgan fingerprint density at radius 2 is 1.71 bits per heavy atom. The van der Waals surface area contributed by atoms with Crippen LogP contribution in [0.4, 0.5) is 10.1 Å². The number of morpholine rings is 1. The maximum absolute atomic E-state index is 14.5. The Morgan fingerprint density at radius 3 is 2.35 bits per heavy atom. The summed E-state index contributed by atoms with van der Waals surface area (Å²) in [7, 11) is 0. The molecule has 0 saturated carbocycles. The highest BCUT2D eigenvalue weighted by Gasteiger charge is 2.30. The minimum atomic E-state index is -0.240. The van der Waals surface area contributed by atoms with E-state index in [9.17, 15) is 9.18 Å². The van der Waals surface area contributed by atoms with E-state index in [0.29, 0.717) is 44.1 Å². The third kappa shape index (κ3) is 4.34. The van der Waals surface area contributed by atoms with Crippen LogP contribution in [0.1, 0.15) is 34.2 Å². The lowest BCUT2D eigenvalue weighted by Crippen LogP contribution is -2.46. The van der Waals surface area contributed by atoms with Gasteiger partial charge in [0.25, 0.3) is 5.91 Å². The van der Waals surface area contributed by atoms with Gasteiger partial charge >= 0.3 is 0 Å². The number of hydrogen-bond acceptors (Lipinski definition) is 4. The number of amides is 1. The highest BCUT2D eigenvalue weighted by molar-refractivity contribution is 5.96. The number of nitrogens with zero attached hydrogens (tertiary/aromatic N) is 4. The van der Waals surface area contributed by atoms with Crippen LogP contribution in [-0.2, 0) is 11.3 Å². The van der Waals surface area contributed by atoms with Gasteiger partial charge in [0.15, 0.2) is 0 Å². The average Bonchev–Trinajstić information content (AvgIpc) is 3.04. The van der Waals surface area contributed by atoms with Crippen molar-refractivity contribution in [2.45, 2.75) is 27.3 Å². The number of likely N-dealkylation sites (N-methyl/N-ethyl adjacent to an activating group) is 1. The number of carbonyl (C=O) groups is 1. The van der Waals surface area contributed by atoms with Crippen molar-refractivity contribution >= 4 is 11.6 Å². The average molecular weight is 429 g/mol. The van der Waals surface area contributed by atoms with Crippen LogP contribution in [0.15, 0.2) is 24.3 Å². The molecule has 0 spiro atoms. The number of piperazine rings is 1. The molecule has 3 heterocycles. The van der Waals surface area contributed by atoms with Crippen molar-refractivity contribution in [1.29, 1.82) is 0 Å². The molecular formula is C24H33FN4O2. The van der Waals surface area contributed by atoms with E-state index in [1.165, 1.54) is 6.07 Å². The van der Waals surface area contributed by atoms with Crippen LogP contribution in [0.25, 0.3) is 0 Å². The molecule has 2 aliphatic rings. The number of carbonyl (C=O) groups excluding carboxylic acids is 1. The fraction of sp³-hybridized carbons (Fsp3) is 0.542. The number of rotatable bonds is 5. The minimum absolute atomic E-state index is 0.0127. The van der Waals surface area contributed by atoms with E-state index in [1.807, 2.05) is 22.5 Å². The fourth-order valence-corrected chi connectivity index (χ4v) is 4.82. The lowest BCUT2D eigenvalue weighted by Gasteiger charge is -2.36. The lowest BCUT2D eigenvalue weighted by molar-refractivity contribution is 0.0295. The zero-order valence-electron chi connectivity index (χ0n) is 18.9. The van der Waals surface area contributed by atoms with E-state index >= 15 is 0 Å². The Bertz CT molecular complexity index is 928. The molecule has 2 fully saturated rings. The standard InChI is InChI=1S/C24H33FN4O2/c1-4-26-9-11-27(12-10-26)22-18(2)23(24(30)28-13-15-31-16-14-28)29(19(22)3)17-20-7-5-6-8-21(20)25/h5-8H,4,9-17H2,1-3H3. The van der Waals surface area contributed by atoms with Crippen molar-refractivity contribution < 1.29 is 13.9 Å². The SMILES string of the molecule is CCN1CCN(c2c(C)c(C(=O)N3CCOCC3)n(Cc3ccccc3F)c2C)CC1. The van der Waals surface area contributed by atoms with Gasteiger partial charge in [-0.05, 0) is 26.5 Å². The molecule has 2 saturated heterocycles. The van der Waals surface area contributed by atoms with Crippen LogP contribution in [0.5, 0.6) is 0 Å². The van der Waals surface area contributed by atoms with E-state index in [4.69, 9.17) is 4.74 Å². The zero-order chi connectivity index (χ0) is 22.0. The van der Waals surface area contributed by atoms with Crippen LogP contribution in [0.2, 0.25) is 0 Å². The molecule has 2 aromatic rings. The Kier molecular flexibility index (Phi) is 6.62. The monoisotopic (exact) mass is 428 g/mol. The molecule has 0 aliphatic carbocycles. The van der Waals surface area contributed by atoms with Gasteiger partial charge in [-0.15, -0.1) is 0 Å². The summed E-state index contributed by atoms with van der Waals surface area (Å²) in [4.78, 5) is 20.3. The second-order valence-corrected chi connectivity index (χ2v) is 8.41. The normalized spacial score (nSPS) is 17.9. The Morgan fingerprint density at radius 1 is 1.03 bits per heavy atom. The van der Waals surface area contributed by atoms with Crippen molar-refractivity contribution in [1.82, 2.24) is 14.4 Å². The summed E-state index contributed by atoms with van der Waals surface area (Å²) in [5.41, 5.74) is 4.43. The number of halogens is 1. The molecule has 168 valence electrons. The number of benzene rings is 1. The van der Waals surface area contributed by atoms with Gasteiger partial charge in [-0.1, -0.05) is 25.1 Å². The topological polar surface area (TPSA) is 40.9 Å². The number of hydrogen-bond donors (Lipinski definition) is 0. The predicted molar refractivity (Wildman–Crippen MR) is 120 cm³/mol. The van der Waals surface area contributed by atoms with E-state index in [1.54, 1.807) is 12.1 Å².